The van der Waals surface area contributed by atoms with Crippen molar-refractivity contribution in [3.05, 3.63) is 121 Å². The van der Waals surface area contributed by atoms with Gasteiger partial charge in [0.1, 0.15) is 5.82 Å². The summed E-state index contributed by atoms with van der Waals surface area (Å²) in [5.74, 6) is 1.74. The van der Waals surface area contributed by atoms with Crippen LogP contribution in [-0.2, 0) is 0 Å². The average Bonchev–Trinajstić information content (AvgIpc) is 2.86. The van der Waals surface area contributed by atoms with E-state index in [1.165, 1.54) is 11.1 Å². The van der Waals surface area contributed by atoms with E-state index in [1.54, 1.807) is 12.4 Å². The van der Waals surface area contributed by atoms with Crippen LogP contribution in [0.3, 0.4) is 0 Å². The first-order chi connectivity index (χ1) is 15.4. The quantitative estimate of drug-likeness (QED) is 0.382. The van der Waals surface area contributed by atoms with E-state index in [0.29, 0.717) is 5.82 Å². The zero-order valence-corrected chi connectivity index (χ0v) is 17.0. The maximum absolute atomic E-state index is 4.88. The van der Waals surface area contributed by atoms with Crippen LogP contribution in [0.2, 0.25) is 0 Å². The van der Waals surface area contributed by atoms with E-state index in [9.17, 15) is 0 Å². The van der Waals surface area contributed by atoms with Gasteiger partial charge in [0.2, 0.25) is 0 Å². The molecule has 150 valence electrons. The third-order valence-electron chi connectivity index (χ3n) is 5.42. The summed E-state index contributed by atoms with van der Waals surface area (Å²) in [5, 5.41) is 4.64. The van der Waals surface area contributed by atoms with Gasteiger partial charge in [0.25, 0.3) is 0 Å². The molecule has 0 saturated heterocycles. The highest BCUT2D eigenvalue weighted by molar-refractivity contribution is 5.90. The first-order valence-electron chi connectivity index (χ1n) is 10.4. The molecule has 0 amide bonds. The van der Waals surface area contributed by atoms with Gasteiger partial charge < -0.3 is 5.32 Å². The molecule has 0 radical (unpaired) electrons. The molecule has 4 nitrogen and oxygen atoms in total. The van der Waals surface area contributed by atoms with Crippen LogP contribution < -0.4 is 5.32 Å². The van der Waals surface area contributed by atoms with Gasteiger partial charge in [-0.1, -0.05) is 72.8 Å². The number of nitrogens with zero attached hydrogens (tertiary/aromatic N) is 3. The van der Waals surface area contributed by atoms with Crippen molar-refractivity contribution in [1.82, 2.24) is 15.0 Å². The zero-order chi connectivity index (χ0) is 20.9. The van der Waals surface area contributed by atoms with Crippen LogP contribution in [0.5, 0.6) is 0 Å². The molecule has 0 saturated carbocycles. The van der Waals surface area contributed by atoms with Gasteiger partial charge in [-0.15, -0.1) is 0 Å². The van der Waals surface area contributed by atoms with Gasteiger partial charge in [-0.25, -0.2) is 9.97 Å². The van der Waals surface area contributed by atoms with Crippen molar-refractivity contribution in [3.8, 4) is 11.4 Å². The molecule has 1 N–H and O–H groups in total. The Bertz CT molecular complexity index is 1230. The largest absolute Gasteiger partial charge is 0.368 e. The normalized spacial score (nSPS) is 11.0. The van der Waals surface area contributed by atoms with E-state index in [-0.39, 0.29) is 5.92 Å². The van der Waals surface area contributed by atoms with Crippen molar-refractivity contribution in [3.63, 3.8) is 0 Å². The van der Waals surface area contributed by atoms with Crippen LogP contribution in [0.1, 0.15) is 17.0 Å². The fourth-order valence-electron chi connectivity index (χ4n) is 3.84. The topological polar surface area (TPSA) is 50.7 Å². The fraction of sp³-hybridized carbons (Fsp3) is 0.0741. The Labute approximate surface area is 181 Å². The summed E-state index contributed by atoms with van der Waals surface area (Å²) in [7, 11) is 0. The summed E-state index contributed by atoms with van der Waals surface area (Å²) in [6, 6.07) is 33.2. The number of hydrogen-bond acceptors (Lipinski definition) is 4. The van der Waals surface area contributed by atoms with E-state index in [0.717, 1.165) is 28.8 Å². The minimum atomic E-state index is 0.209. The van der Waals surface area contributed by atoms with Crippen LogP contribution in [0.4, 0.5) is 5.82 Å². The summed E-state index contributed by atoms with van der Waals surface area (Å²) in [6.45, 7) is 0.727. The molecule has 2 aromatic heterocycles. The molecule has 2 heterocycles. The second-order valence-corrected chi connectivity index (χ2v) is 7.40. The molecule has 0 fully saturated rings. The van der Waals surface area contributed by atoms with Gasteiger partial charge in [-0.3, -0.25) is 4.98 Å². The molecule has 4 heteroatoms. The lowest BCUT2D eigenvalue weighted by molar-refractivity contribution is 0.849. The van der Waals surface area contributed by atoms with Gasteiger partial charge in [0, 0.05) is 35.8 Å². The number of rotatable bonds is 6. The highest BCUT2D eigenvalue weighted by atomic mass is 15.0. The predicted molar refractivity (Wildman–Crippen MR) is 126 cm³/mol. The predicted octanol–water partition coefficient (Wildman–Crippen LogP) is 5.94. The number of pyridine rings is 1. The molecule has 3 aromatic carbocycles. The van der Waals surface area contributed by atoms with Crippen LogP contribution in [0, 0.1) is 0 Å². The van der Waals surface area contributed by atoms with E-state index in [1.807, 2.05) is 30.3 Å². The summed E-state index contributed by atoms with van der Waals surface area (Å²) in [6.07, 6.45) is 3.53. The van der Waals surface area contributed by atoms with Gasteiger partial charge in [0.05, 0.1) is 5.52 Å². The second kappa shape index (κ2) is 8.76. The molecule has 0 spiro atoms. The van der Waals surface area contributed by atoms with Crippen molar-refractivity contribution in [2.75, 3.05) is 11.9 Å². The summed E-state index contributed by atoms with van der Waals surface area (Å²) in [5.41, 5.74) is 4.41. The number of nitrogens with one attached hydrogen (secondary N) is 1. The smallest absolute Gasteiger partial charge is 0.162 e. The zero-order valence-electron chi connectivity index (χ0n) is 17.0. The monoisotopic (exact) mass is 402 g/mol. The molecule has 0 aliphatic carbocycles. The number of aromatic nitrogens is 3. The van der Waals surface area contributed by atoms with E-state index in [2.05, 4.69) is 77.0 Å². The Morgan fingerprint density at radius 3 is 1.94 bits per heavy atom. The molecule has 5 rings (SSSR count). The highest BCUT2D eigenvalue weighted by Gasteiger charge is 2.16. The van der Waals surface area contributed by atoms with Crippen LogP contribution in [0.25, 0.3) is 22.3 Å². The van der Waals surface area contributed by atoms with Crippen molar-refractivity contribution >= 4 is 16.7 Å². The molecule has 0 atom stereocenters. The van der Waals surface area contributed by atoms with Gasteiger partial charge in [-0.2, -0.15) is 0 Å². The van der Waals surface area contributed by atoms with Crippen LogP contribution in [-0.4, -0.2) is 21.5 Å². The Kier molecular flexibility index (Phi) is 5.35. The van der Waals surface area contributed by atoms with Crippen molar-refractivity contribution in [1.29, 1.82) is 0 Å². The van der Waals surface area contributed by atoms with Gasteiger partial charge in [-0.05, 0) is 35.4 Å². The Balaban J connectivity index is 1.53. The van der Waals surface area contributed by atoms with Crippen molar-refractivity contribution < 1.29 is 0 Å². The molecular formula is C27H22N4. The second-order valence-electron chi connectivity index (χ2n) is 7.40. The summed E-state index contributed by atoms with van der Waals surface area (Å²) >= 11 is 0. The van der Waals surface area contributed by atoms with Gasteiger partial charge >= 0.3 is 0 Å². The summed E-state index contributed by atoms with van der Waals surface area (Å²) in [4.78, 5) is 13.8. The first-order valence-corrected chi connectivity index (χ1v) is 10.4. The third-order valence-corrected chi connectivity index (χ3v) is 5.42. The summed E-state index contributed by atoms with van der Waals surface area (Å²) < 4.78 is 0. The van der Waals surface area contributed by atoms with Crippen molar-refractivity contribution in [2.24, 2.45) is 0 Å². The van der Waals surface area contributed by atoms with E-state index in [4.69, 9.17) is 9.97 Å². The highest BCUT2D eigenvalue weighted by Crippen LogP contribution is 2.28. The minimum absolute atomic E-state index is 0.209. The van der Waals surface area contributed by atoms with Crippen LogP contribution in [0.15, 0.2) is 109 Å². The lowest BCUT2D eigenvalue weighted by Crippen LogP contribution is -2.15. The Hall–Kier alpha value is -4.05. The first kappa shape index (κ1) is 18.9. The van der Waals surface area contributed by atoms with Crippen LogP contribution >= 0.6 is 0 Å². The number of anilines is 1. The minimum Gasteiger partial charge on any atom is -0.368 e. The molecule has 0 aliphatic heterocycles. The number of fused-ring (bicyclic) bond motifs is 1. The lowest BCUT2D eigenvalue weighted by atomic mass is 9.91. The number of hydrogen-bond donors (Lipinski definition) is 1. The number of para-hydroxylation sites is 1. The van der Waals surface area contributed by atoms with Crippen molar-refractivity contribution in [2.45, 2.75) is 5.92 Å². The average molecular weight is 403 g/mol. The molecule has 31 heavy (non-hydrogen) atoms. The molecule has 0 bridgehead atoms. The lowest BCUT2D eigenvalue weighted by Gasteiger charge is -2.20. The molecule has 0 unspecified atom stereocenters. The Morgan fingerprint density at radius 1 is 0.645 bits per heavy atom. The van der Waals surface area contributed by atoms with Gasteiger partial charge in [0.15, 0.2) is 5.82 Å². The SMILES string of the molecule is c1ccc(C(CNc2nc(-c3ccncc3)nc3ccccc23)c2ccccc2)cc1. The molecule has 5 aromatic rings. The number of benzene rings is 3. The molecular weight excluding hydrogens is 380 g/mol. The maximum Gasteiger partial charge on any atom is 0.162 e. The van der Waals surface area contributed by atoms with E-state index < -0.39 is 0 Å². The fourth-order valence-corrected chi connectivity index (χ4v) is 3.84. The standard InChI is InChI=1S/C27H22N4/c1-3-9-20(10-4-1)24(21-11-5-2-6-12-21)19-29-27-23-13-7-8-14-25(23)30-26(31-27)22-15-17-28-18-16-22/h1-18,24H,19H2,(H,29,30,31). The van der Waals surface area contributed by atoms with E-state index >= 15 is 0 Å². The maximum atomic E-state index is 4.88. The molecule has 0 aliphatic rings. The Morgan fingerprint density at radius 2 is 1.26 bits per heavy atom. The third kappa shape index (κ3) is 4.14.